The summed E-state index contributed by atoms with van der Waals surface area (Å²) in [7, 11) is 0. The van der Waals surface area contributed by atoms with Gasteiger partial charge in [-0.25, -0.2) is 0 Å². The molecule has 19 heavy (non-hydrogen) atoms. The Kier molecular flexibility index (Phi) is 3.00. The van der Waals surface area contributed by atoms with Crippen molar-refractivity contribution < 1.29 is 14.1 Å². The largest absolute Gasteiger partial charge is 0.361 e. The number of aromatic nitrogens is 1. The first-order chi connectivity index (χ1) is 9.15. The van der Waals surface area contributed by atoms with Gasteiger partial charge in [0.1, 0.15) is 24.0 Å². The summed E-state index contributed by atoms with van der Waals surface area (Å²) in [5.41, 5.74) is 0.697. The van der Waals surface area contributed by atoms with Crippen LogP contribution in [0.5, 0.6) is 0 Å². The molecule has 0 spiro atoms. The van der Waals surface area contributed by atoms with E-state index in [-0.39, 0.29) is 24.4 Å². The first-order valence-corrected chi connectivity index (χ1v) is 6.65. The summed E-state index contributed by atoms with van der Waals surface area (Å²) in [5.74, 6) is 0.801. The number of carbonyl (C=O) groups excluding carboxylic acids is 2. The van der Waals surface area contributed by atoms with E-state index in [1.807, 2.05) is 6.92 Å². The summed E-state index contributed by atoms with van der Waals surface area (Å²) in [6.07, 6.45) is 2.79. The second kappa shape index (κ2) is 4.68. The molecule has 0 aliphatic carbocycles. The van der Waals surface area contributed by atoms with E-state index < -0.39 is 0 Å². The zero-order valence-electron chi connectivity index (χ0n) is 11.0. The number of piperidine rings is 1. The zero-order chi connectivity index (χ0) is 13.4. The third kappa shape index (κ3) is 2.22. The Balaban J connectivity index is 1.75. The van der Waals surface area contributed by atoms with Gasteiger partial charge in [-0.3, -0.25) is 9.59 Å². The minimum absolute atomic E-state index is 0.0416. The lowest BCUT2D eigenvalue weighted by molar-refractivity contribution is -0.158. The van der Waals surface area contributed by atoms with Crippen LogP contribution in [-0.4, -0.2) is 45.9 Å². The quantitative estimate of drug-likeness (QED) is 0.788. The lowest BCUT2D eigenvalue weighted by atomic mass is 9.98. The van der Waals surface area contributed by atoms with Gasteiger partial charge in [-0.1, -0.05) is 5.16 Å². The second-order valence-corrected chi connectivity index (χ2v) is 5.22. The van der Waals surface area contributed by atoms with Crippen LogP contribution in [0.25, 0.3) is 0 Å². The molecule has 1 atom stereocenters. The van der Waals surface area contributed by atoms with Crippen LogP contribution in [0.1, 0.15) is 30.7 Å². The molecule has 2 aliphatic rings. The van der Waals surface area contributed by atoms with E-state index >= 15 is 0 Å². The summed E-state index contributed by atoms with van der Waals surface area (Å²) in [6, 6.07) is 1.54. The molecule has 102 valence electrons. The molecule has 2 saturated heterocycles. The number of carbonyl (C=O) groups is 2. The van der Waals surface area contributed by atoms with Gasteiger partial charge in [0.2, 0.25) is 11.8 Å². The lowest BCUT2D eigenvalue weighted by Gasteiger charge is -2.42. The van der Waals surface area contributed by atoms with E-state index in [9.17, 15) is 9.59 Å². The molecular formula is C13H17N3O3. The van der Waals surface area contributed by atoms with Gasteiger partial charge in [0.05, 0.1) is 6.54 Å². The van der Waals surface area contributed by atoms with Crippen molar-refractivity contribution in [3.8, 4) is 0 Å². The van der Waals surface area contributed by atoms with Gasteiger partial charge in [0.15, 0.2) is 0 Å². The third-order valence-corrected chi connectivity index (χ3v) is 3.78. The van der Waals surface area contributed by atoms with Crippen LogP contribution in [0.3, 0.4) is 0 Å². The van der Waals surface area contributed by atoms with Crippen molar-refractivity contribution in [2.24, 2.45) is 0 Å². The number of hydrogen-bond acceptors (Lipinski definition) is 4. The van der Waals surface area contributed by atoms with Crippen LogP contribution in [0.2, 0.25) is 0 Å². The average molecular weight is 263 g/mol. The maximum atomic E-state index is 12.4. The van der Waals surface area contributed by atoms with E-state index in [0.29, 0.717) is 24.5 Å². The summed E-state index contributed by atoms with van der Waals surface area (Å²) < 4.78 is 4.99. The maximum Gasteiger partial charge on any atom is 0.246 e. The molecule has 1 aromatic rings. The summed E-state index contributed by atoms with van der Waals surface area (Å²) in [6.45, 7) is 3.03. The molecule has 2 aliphatic heterocycles. The van der Waals surface area contributed by atoms with Crippen LogP contribution in [0, 0.1) is 6.92 Å². The molecule has 0 radical (unpaired) electrons. The lowest BCUT2D eigenvalue weighted by Crippen LogP contribution is -2.60. The van der Waals surface area contributed by atoms with E-state index in [1.54, 1.807) is 15.9 Å². The Hall–Kier alpha value is -1.85. The monoisotopic (exact) mass is 263 g/mol. The molecule has 2 amide bonds. The number of hydrogen-bond donors (Lipinski definition) is 0. The molecule has 0 bridgehead atoms. The predicted octanol–water partition coefficient (Wildman–Crippen LogP) is 0.706. The number of nitrogens with zero attached hydrogens (tertiary/aromatic N) is 3. The van der Waals surface area contributed by atoms with Gasteiger partial charge in [0.25, 0.3) is 0 Å². The highest BCUT2D eigenvalue weighted by Gasteiger charge is 2.40. The molecule has 6 nitrogen and oxygen atoms in total. The SMILES string of the molecule is Cc1cc(CN2CC(=O)N3CCCCC3C2=O)no1. The summed E-state index contributed by atoms with van der Waals surface area (Å²) in [5, 5.41) is 3.88. The molecule has 1 unspecified atom stereocenters. The Bertz CT molecular complexity index is 511. The van der Waals surface area contributed by atoms with E-state index in [1.165, 1.54) is 0 Å². The van der Waals surface area contributed by atoms with Gasteiger partial charge < -0.3 is 14.3 Å². The van der Waals surface area contributed by atoms with Gasteiger partial charge in [-0.2, -0.15) is 0 Å². The highest BCUT2D eigenvalue weighted by Crippen LogP contribution is 2.24. The van der Waals surface area contributed by atoms with Crippen molar-refractivity contribution in [1.29, 1.82) is 0 Å². The van der Waals surface area contributed by atoms with Gasteiger partial charge in [-0.05, 0) is 26.2 Å². The molecule has 0 saturated carbocycles. The minimum Gasteiger partial charge on any atom is -0.361 e. The third-order valence-electron chi connectivity index (χ3n) is 3.78. The fourth-order valence-electron chi connectivity index (χ4n) is 2.85. The van der Waals surface area contributed by atoms with E-state index in [2.05, 4.69) is 5.16 Å². The van der Waals surface area contributed by atoms with Crippen molar-refractivity contribution >= 4 is 11.8 Å². The number of amides is 2. The number of fused-ring (bicyclic) bond motifs is 1. The molecule has 3 rings (SSSR count). The highest BCUT2D eigenvalue weighted by molar-refractivity contribution is 5.95. The molecule has 0 aromatic carbocycles. The van der Waals surface area contributed by atoms with E-state index in [0.717, 1.165) is 19.3 Å². The first-order valence-electron chi connectivity index (χ1n) is 6.65. The Morgan fingerprint density at radius 2 is 2.26 bits per heavy atom. The number of aryl methyl sites for hydroxylation is 1. The molecule has 0 N–H and O–H groups in total. The Labute approximate surface area is 111 Å². The van der Waals surface area contributed by atoms with Crippen LogP contribution >= 0.6 is 0 Å². The maximum absolute atomic E-state index is 12.4. The average Bonchev–Trinajstić information content (AvgIpc) is 2.81. The van der Waals surface area contributed by atoms with Crippen molar-refractivity contribution in [1.82, 2.24) is 15.0 Å². The van der Waals surface area contributed by atoms with Crippen molar-refractivity contribution in [3.63, 3.8) is 0 Å². The van der Waals surface area contributed by atoms with Gasteiger partial charge in [-0.15, -0.1) is 0 Å². The molecule has 6 heteroatoms. The highest BCUT2D eigenvalue weighted by atomic mass is 16.5. The minimum atomic E-state index is -0.261. The smallest absolute Gasteiger partial charge is 0.246 e. The van der Waals surface area contributed by atoms with Crippen LogP contribution in [-0.2, 0) is 16.1 Å². The van der Waals surface area contributed by atoms with Crippen LogP contribution in [0.4, 0.5) is 0 Å². The predicted molar refractivity (Wildman–Crippen MR) is 66.0 cm³/mol. The fraction of sp³-hybridized carbons (Fsp3) is 0.615. The second-order valence-electron chi connectivity index (χ2n) is 5.22. The summed E-state index contributed by atoms with van der Waals surface area (Å²) >= 11 is 0. The fourth-order valence-corrected chi connectivity index (χ4v) is 2.85. The number of piperazine rings is 1. The molecule has 1 aromatic heterocycles. The standard InChI is InChI=1S/C13H17N3O3/c1-9-6-10(14-19-9)7-15-8-12(17)16-5-3-2-4-11(16)13(15)18/h6,11H,2-5,7-8H2,1H3. The topological polar surface area (TPSA) is 66.7 Å². The first kappa shape index (κ1) is 12.2. The normalized spacial score (nSPS) is 23.7. The Morgan fingerprint density at radius 3 is 3.00 bits per heavy atom. The Morgan fingerprint density at radius 1 is 1.42 bits per heavy atom. The summed E-state index contributed by atoms with van der Waals surface area (Å²) in [4.78, 5) is 27.8. The van der Waals surface area contributed by atoms with Gasteiger partial charge >= 0.3 is 0 Å². The molecule has 2 fully saturated rings. The zero-order valence-corrected chi connectivity index (χ0v) is 11.0. The van der Waals surface area contributed by atoms with Crippen molar-refractivity contribution in [2.45, 2.75) is 38.8 Å². The molecule has 3 heterocycles. The van der Waals surface area contributed by atoms with Gasteiger partial charge in [0, 0.05) is 12.6 Å². The van der Waals surface area contributed by atoms with E-state index in [4.69, 9.17) is 4.52 Å². The molecular weight excluding hydrogens is 246 g/mol. The van der Waals surface area contributed by atoms with Crippen LogP contribution < -0.4 is 0 Å². The van der Waals surface area contributed by atoms with Crippen LogP contribution in [0.15, 0.2) is 10.6 Å². The van der Waals surface area contributed by atoms with Crippen molar-refractivity contribution in [3.05, 3.63) is 17.5 Å². The number of rotatable bonds is 2. The van der Waals surface area contributed by atoms with Crippen molar-refractivity contribution in [2.75, 3.05) is 13.1 Å².